The lowest BCUT2D eigenvalue weighted by Gasteiger charge is -2.06. The number of hydrogen-bond donors (Lipinski definition) is 1. The largest absolute Gasteiger partial charge is 0.431 e. The third kappa shape index (κ3) is 3.42. The second kappa shape index (κ2) is 6.96. The molecule has 0 radical (unpaired) electrons. The number of thioether (sulfide) groups is 1. The van der Waals surface area contributed by atoms with Gasteiger partial charge in [-0.05, 0) is 34.7 Å². The van der Waals surface area contributed by atoms with E-state index in [9.17, 15) is 4.79 Å². The zero-order valence-corrected chi connectivity index (χ0v) is 14.6. The molecule has 4 aromatic rings. The Balaban J connectivity index is 1.41. The molecule has 0 aliphatic rings. The lowest BCUT2D eigenvalue weighted by molar-refractivity contribution is -0.113. The molecule has 0 saturated carbocycles. The molecule has 26 heavy (non-hydrogen) atoms. The Morgan fingerprint density at radius 3 is 2.92 bits per heavy atom. The summed E-state index contributed by atoms with van der Waals surface area (Å²) in [4.78, 5) is 16.6. The number of aryl methyl sites for hydroxylation is 1. The Kier molecular flexibility index (Phi) is 4.36. The minimum absolute atomic E-state index is 0.148. The summed E-state index contributed by atoms with van der Waals surface area (Å²) < 4.78 is 7.17. The number of oxazole rings is 1. The van der Waals surface area contributed by atoms with Gasteiger partial charge in [-0.3, -0.25) is 4.79 Å². The normalized spacial score (nSPS) is 11.0. The van der Waals surface area contributed by atoms with E-state index in [4.69, 9.17) is 4.42 Å². The lowest BCUT2D eigenvalue weighted by Crippen LogP contribution is -2.14. The first kappa shape index (κ1) is 16.3. The Bertz CT molecular complexity index is 1040. The zero-order valence-electron chi connectivity index (χ0n) is 13.8. The lowest BCUT2D eigenvalue weighted by atomic mass is 10.2. The van der Waals surface area contributed by atoms with Gasteiger partial charge in [0.15, 0.2) is 11.4 Å². The van der Waals surface area contributed by atoms with Crippen LogP contribution in [0.4, 0.5) is 5.69 Å². The molecule has 2 aromatic carbocycles. The molecule has 0 atom stereocenters. The highest BCUT2D eigenvalue weighted by atomic mass is 32.2. The summed E-state index contributed by atoms with van der Waals surface area (Å²) in [6.07, 6.45) is 0. The third-order valence-corrected chi connectivity index (χ3v) is 4.45. The van der Waals surface area contributed by atoms with Gasteiger partial charge >= 0.3 is 0 Å². The summed E-state index contributed by atoms with van der Waals surface area (Å²) in [5.74, 6) is 0.676. The molecule has 8 nitrogen and oxygen atoms in total. The molecule has 2 aromatic heterocycles. The van der Waals surface area contributed by atoms with Crippen molar-refractivity contribution in [1.29, 1.82) is 0 Å². The summed E-state index contributed by atoms with van der Waals surface area (Å²) in [5, 5.41) is 14.7. The van der Waals surface area contributed by atoms with Gasteiger partial charge in [-0.2, -0.15) is 0 Å². The van der Waals surface area contributed by atoms with Gasteiger partial charge in [-0.25, -0.2) is 9.67 Å². The maximum atomic E-state index is 12.2. The van der Waals surface area contributed by atoms with E-state index in [1.54, 1.807) is 11.7 Å². The highest BCUT2D eigenvalue weighted by Gasteiger charge is 2.11. The summed E-state index contributed by atoms with van der Waals surface area (Å²) in [5.41, 5.74) is 2.98. The van der Waals surface area contributed by atoms with Crippen LogP contribution in [0, 0.1) is 0 Å². The van der Waals surface area contributed by atoms with Crippen LogP contribution < -0.4 is 5.32 Å². The van der Waals surface area contributed by atoms with Crippen molar-refractivity contribution in [3.63, 3.8) is 0 Å². The maximum absolute atomic E-state index is 12.2. The molecule has 1 amide bonds. The monoisotopic (exact) mass is 366 g/mol. The summed E-state index contributed by atoms with van der Waals surface area (Å²) >= 11 is 1.25. The molecular weight excluding hydrogens is 352 g/mol. The second-order valence-electron chi connectivity index (χ2n) is 5.49. The van der Waals surface area contributed by atoms with Crippen LogP contribution in [0.3, 0.4) is 0 Å². The third-order valence-electron chi connectivity index (χ3n) is 3.63. The number of fused-ring (bicyclic) bond motifs is 1. The average Bonchev–Trinajstić information content (AvgIpc) is 3.25. The summed E-state index contributed by atoms with van der Waals surface area (Å²) in [6.45, 7) is 0. The van der Waals surface area contributed by atoms with Gasteiger partial charge in [0, 0.05) is 18.3 Å². The van der Waals surface area contributed by atoms with Crippen LogP contribution in [0.15, 0.2) is 58.2 Å². The molecule has 0 fully saturated rings. The number of nitrogens with zero attached hydrogens (tertiary/aromatic N) is 5. The molecule has 1 N–H and O–H groups in total. The van der Waals surface area contributed by atoms with Crippen LogP contribution >= 0.6 is 11.8 Å². The summed E-state index contributed by atoms with van der Waals surface area (Å²) in [6, 6.07) is 14.9. The van der Waals surface area contributed by atoms with Crippen molar-refractivity contribution in [2.24, 2.45) is 7.05 Å². The molecule has 0 bridgehead atoms. The topological polar surface area (TPSA) is 98.7 Å². The van der Waals surface area contributed by atoms with E-state index in [-0.39, 0.29) is 11.7 Å². The van der Waals surface area contributed by atoms with E-state index in [1.165, 1.54) is 11.8 Å². The molecule has 0 saturated heterocycles. The van der Waals surface area contributed by atoms with E-state index in [1.807, 2.05) is 48.5 Å². The van der Waals surface area contributed by atoms with Crippen LogP contribution in [0.1, 0.15) is 0 Å². The molecule has 130 valence electrons. The van der Waals surface area contributed by atoms with Gasteiger partial charge in [0.2, 0.25) is 5.91 Å². The van der Waals surface area contributed by atoms with Crippen LogP contribution in [0.5, 0.6) is 0 Å². The van der Waals surface area contributed by atoms with Gasteiger partial charge in [-0.15, -0.1) is 5.10 Å². The highest BCUT2D eigenvalue weighted by molar-refractivity contribution is 7.99. The van der Waals surface area contributed by atoms with Crippen molar-refractivity contribution in [1.82, 2.24) is 25.2 Å². The van der Waals surface area contributed by atoms with Crippen LogP contribution in [-0.2, 0) is 11.8 Å². The molecule has 0 aliphatic carbocycles. The van der Waals surface area contributed by atoms with Crippen molar-refractivity contribution in [2.75, 3.05) is 11.1 Å². The molecule has 0 aliphatic heterocycles. The first-order chi connectivity index (χ1) is 12.7. The number of carbonyl (C=O) groups is 1. The van der Waals surface area contributed by atoms with Gasteiger partial charge < -0.3 is 9.73 Å². The number of nitrogens with one attached hydrogen (secondary N) is 1. The van der Waals surface area contributed by atoms with Gasteiger partial charge in [-0.1, -0.05) is 36.0 Å². The number of tetrazole rings is 1. The van der Waals surface area contributed by atoms with Crippen LogP contribution in [0.25, 0.3) is 22.5 Å². The molecule has 9 heteroatoms. The first-order valence-electron chi connectivity index (χ1n) is 7.80. The first-order valence-corrected chi connectivity index (χ1v) is 8.78. The molecule has 2 heterocycles. The number of hydrogen-bond acceptors (Lipinski definition) is 7. The van der Waals surface area contributed by atoms with Crippen LogP contribution in [-0.4, -0.2) is 36.9 Å². The fraction of sp³-hybridized carbons (Fsp3) is 0.118. The van der Waals surface area contributed by atoms with E-state index in [0.29, 0.717) is 22.3 Å². The Morgan fingerprint density at radius 1 is 1.23 bits per heavy atom. The Hall–Kier alpha value is -3.20. The average molecular weight is 366 g/mol. The van der Waals surface area contributed by atoms with E-state index >= 15 is 0 Å². The maximum Gasteiger partial charge on any atom is 0.257 e. The standard InChI is InChI=1S/C17H14N6O2S/c1-23-16(20-21-22-23)11-5-4-6-12(9-11)18-15(24)10-26-17-19-13-7-2-3-8-14(13)25-17/h2-9H,10H2,1H3,(H,18,24). The predicted octanol–water partition coefficient (Wildman–Crippen LogP) is 2.75. The van der Waals surface area contributed by atoms with E-state index < -0.39 is 0 Å². The number of amides is 1. The van der Waals surface area contributed by atoms with Crippen molar-refractivity contribution in [2.45, 2.75) is 5.22 Å². The van der Waals surface area contributed by atoms with E-state index in [0.717, 1.165) is 11.1 Å². The van der Waals surface area contributed by atoms with Gasteiger partial charge in [0.1, 0.15) is 5.52 Å². The van der Waals surface area contributed by atoms with Crippen LogP contribution in [0.2, 0.25) is 0 Å². The number of benzene rings is 2. The minimum atomic E-state index is -0.148. The SMILES string of the molecule is Cn1nnnc1-c1cccc(NC(=O)CSc2nc3ccccc3o2)c1. The van der Waals surface area contributed by atoms with Crippen molar-refractivity contribution < 1.29 is 9.21 Å². The predicted molar refractivity (Wildman–Crippen MR) is 97.6 cm³/mol. The number of aromatic nitrogens is 5. The molecule has 4 rings (SSSR count). The highest BCUT2D eigenvalue weighted by Crippen LogP contribution is 2.24. The molecule has 0 spiro atoms. The quantitative estimate of drug-likeness (QED) is 0.542. The van der Waals surface area contributed by atoms with Crippen molar-refractivity contribution >= 4 is 34.5 Å². The van der Waals surface area contributed by atoms with Crippen molar-refractivity contribution in [3.8, 4) is 11.4 Å². The van der Waals surface area contributed by atoms with Gasteiger partial charge in [0.05, 0.1) is 5.75 Å². The molecule has 0 unspecified atom stereocenters. The van der Waals surface area contributed by atoms with E-state index in [2.05, 4.69) is 25.8 Å². The summed E-state index contributed by atoms with van der Waals surface area (Å²) in [7, 11) is 1.76. The number of para-hydroxylation sites is 2. The van der Waals surface area contributed by atoms with Gasteiger partial charge in [0.25, 0.3) is 5.22 Å². The number of rotatable bonds is 5. The molecular formula is C17H14N6O2S. The fourth-order valence-corrected chi connectivity index (χ4v) is 3.09. The second-order valence-corrected chi connectivity index (χ2v) is 6.42. The smallest absolute Gasteiger partial charge is 0.257 e. The number of anilines is 1. The fourth-order valence-electron chi connectivity index (χ4n) is 2.45. The number of carbonyl (C=O) groups excluding carboxylic acids is 1. The van der Waals surface area contributed by atoms with Crippen molar-refractivity contribution in [3.05, 3.63) is 48.5 Å². The Labute approximate surface area is 152 Å². The zero-order chi connectivity index (χ0) is 17.9. The minimum Gasteiger partial charge on any atom is -0.431 e. The Morgan fingerprint density at radius 2 is 2.12 bits per heavy atom.